The monoisotopic (exact) mass is 156 g/mol. The molecule has 1 aromatic rings. The van der Waals surface area contributed by atoms with Crippen LogP contribution in [0.4, 0.5) is 0 Å². The van der Waals surface area contributed by atoms with Gasteiger partial charge >= 0.3 is 0 Å². The van der Waals surface area contributed by atoms with Crippen molar-refractivity contribution >= 4 is 11.6 Å². The summed E-state index contributed by atoms with van der Waals surface area (Å²) in [4.78, 5) is 8.14. The van der Waals surface area contributed by atoms with Crippen molar-refractivity contribution in [2.45, 2.75) is 19.2 Å². The van der Waals surface area contributed by atoms with E-state index in [9.17, 15) is 0 Å². The molecular weight excluding hydrogens is 148 g/mol. The Kier molecular flexibility index (Phi) is 2.63. The first-order valence-electron chi connectivity index (χ1n) is 3.22. The topological polar surface area (TPSA) is 25.8 Å². The van der Waals surface area contributed by atoms with E-state index in [2.05, 4.69) is 9.97 Å². The summed E-state index contributed by atoms with van der Waals surface area (Å²) in [5.74, 6) is 1.36. The third kappa shape index (κ3) is 1.67. The van der Waals surface area contributed by atoms with E-state index in [4.69, 9.17) is 11.6 Å². The Balaban J connectivity index is 2.80. The molecule has 54 valence electrons. The van der Waals surface area contributed by atoms with Crippen molar-refractivity contribution in [3.63, 3.8) is 0 Å². The van der Waals surface area contributed by atoms with Crippen LogP contribution in [-0.2, 0) is 12.3 Å². The second kappa shape index (κ2) is 3.52. The minimum atomic E-state index is 0.490. The highest BCUT2D eigenvalue weighted by Crippen LogP contribution is 1.99. The van der Waals surface area contributed by atoms with Crippen molar-refractivity contribution in [3.8, 4) is 0 Å². The lowest BCUT2D eigenvalue weighted by atomic mass is 10.4. The fourth-order valence-corrected chi connectivity index (χ4v) is 0.771. The number of halogens is 1. The summed E-state index contributed by atoms with van der Waals surface area (Å²) in [5.41, 5.74) is 0.971. The maximum absolute atomic E-state index is 5.54. The normalized spacial score (nSPS) is 9.80. The molecule has 0 aromatic carbocycles. The highest BCUT2D eigenvalue weighted by molar-refractivity contribution is 6.17. The van der Waals surface area contributed by atoms with Crippen LogP contribution in [0.2, 0.25) is 0 Å². The Morgan fingerprint density at radius 3 is 2.40 bits per heavy atom. The summed E-state index contributed by atoms with van der Waals surface area (Å²) in [6.07, 6.45) is 4.40. The minimum absolute atomic E-state index is 0.490. The van der Waals surface area contributed by atoms with Gasteiger partial charge in [-0.2, -0.15) is 0 Å². The van der Waals surface area contributed by atoms with E-state index in [0.29, 0.717) is 5.88 Å². The van der Waals surface area contributed by atoms with Crippen molar-refractivity contribution in [1.82, 2.24) is 9.97 Å². The van der Waals surface area contributed by atoms with E-state index < -0.39 is 0 Å². The molecule has 0 N–H and O–H groups in total. The summed E-state index contributed by atoms with van der Waals surface area (Å²) in [6.45, 7) is 2.02. The van der Waals surface area contributed by atoms with Crippen LogP contribution in [0.3, 0.4) is 0 Å². The van der Waals surface area contributed by atoms with Crippen LogP contribution in [0.1, 0.15) is 18.3 Å². The molecule has 0 saturated heterocycles. The van der Waals surface area contributed by atoms with Gasteiger partial charge in [0.25, 0.3) is 0 Å². The first-order valence-corrected chi connectivity index (χ1v) is 3.76. The number of rotatable bonds is 2. The zero-order valence-electron chi connectivity index (χ0n) is 5.84. The molecule has 10 heavy (non-hydrogen) atoms. The summed E-state index contributed by atoms with van der Waals surface area (Å²) in [5, 5.41) is 0. The maximum Gasteiger partial charge on any atom is 0.127 e. The van der Waals surface area contributed by atoms with Crippen molar-refractivity contribution in [1.29, 1.82) is 0 Å². The summed E-state index contributed by atoms with van der Waals surface area (Å²) < 4.78 is 0. The van der Waals surface area contributed by atoms with Gasteiger partial charge in [-0.3, -0.25) is 0 Å². The lowest BCUT2D eigenvalue weighted by Gasteiger charge is -1.94. The average molecular weight is 157 g/mol. The fourth-order valence-electron chi connectivity index (χ4n) is 0.633. The van der Waals surface area contributed by atoms with Crippen molar-refractivity contribution < 1.29 is 0 Å². The predicted molar refractivity (Wildman–Crippen MR) is 41.0 cm³/mol. The van der Waals surface area contributed by atoms with Crippen molar-refractivity contribution in [3.05, 3.63) is 23.8 Å². The summed E-state index contributed by atoms with van der Waals surface area (Å²) in [6, 6.07) is 0. The summed E-state index contributed by atoms with van der Waals surface area (Å²) >= 11 is 5.54. The second-order valence-electron chi connectivity index (χ2n) is 1.99. The van der Waals surface area contributed by atoms with Crippen LogP contribution in [0.25, 0.3) is 0 Å². The molecule has 1 heterocycles. The molecule has 3 heteroatoms. The lowest BCUT2D eigenvalue weighted by Crippen LogP contribution is -1.92. The molecule has 0 aliphatic carbocycles. The molecule has 0 radical (unpaired) electrons. The Morgan fingerprint density at radius 2 is 2.00 bits per heavy atom. The van der Waals surface area contributed by atoms with Gasteiger partial charge in [-0.05, 0) is 0 Å². The predicted octanol–water partition coefficient (Wildman–Crippen LogP) is 1.78. The molecule has 0 aliphatic heterocycles. The summed E-state index contributed by atoms with van der Waals surface area (Å²) in [7, 11) is 0. The number of aryl methyl sites for hydroxylation is 1. The molecule has 2 nitrogen and oxygen atoms in total. The lowest BCUT2D eigenvalue weighted by molar-refractivity contribution is 0.927. The zero-order chi connectivity index (χ0) is 7.40. The fraction of sp³-hybridized carbons (Fsp3) is 0.429. The van der Waals surface area contributed by atoms with Gasteiger partial charge in [-0.15, -0.1) is 11.6 Å². The van der Waals surface area contributed by atoms with Crippen molar-refractivity contribution in [2.24, 2.45) is 0 Å². The highest BCUT2D eigenvalue weighted by atomic mass is 35.5. The molecule has 0 saturated carbocycles. The van der Waals surface area contributed by atoms with Gasteiger partial charge in [0, 0.05) is 24.4 Å². The SMILES string of the molecule is CCc1ncc(CCl)cn1. The molecule has 0 spiro atoms. The van der Waals surface area contributed by atoms with Gasteiger partial charge in [0.05, 0.1) is 5.88 Å². The minimum Gasteiger partial charge on any atom is -0.241 e. The first kappa shape index (κ1) is 7.48. The van der Waals surface area contributed by atoms with E-state index in [1.807, 2.05) is 6.92 Å². The Morgan fingerprint density at radius 1 is 1.40 bits per heavy atom. The second-order valence-corrected chi connectivity index (χ2v) is 2.26. The third-order valence-electron chi connectivity index (χ3n) is 1.23. The average Bonchev–Trinajstić information content (AvgIpc) is 2.05. The number of aromatic nitrogens is 2. The zero-order valence-corrected chi connectivity index (χ0v) is 6.60. The van der Waals surface area contributed by atoms with Gasteiger partial charge in [0.2, 0.25) is 0 Å². The maximum atomic E-state index is 5.54. The Hall–Kier alpha value is -0.630. The van der Waals surface area contributed by atoms with Gasteiger partial charge in [-0.1, -0.05) is 6.92 Å². The molecule has 0 unspecified atom stereocenters. The first-order chi connectivity index (χ1) is 4.86. The van der Waals surface area contributed by atoms with E-state index in [-0.39, 0.29) is 0 Å². The molecule has 0 fully saturated rings. The highest BCUT2D eigenvalue weighted by Gasteiger charge is 1.92. The molecule has 1 aromatic heterocycles. The Labute approximate surface area is 65.3 Å². The van der Waals surface area contributed by atoms with E-state index in [1.165, 1.54) is 0 Å². The van der Waals surface area contributed by atoms with Gasteiger partial charge in [0.15, 0.2) is 0 Å². The van der Waals surface area contributed by atoms with Gasteiger partial charge in [-0.25, -0.2) is 9.97 Å². The standard InChI is InChI=1S/C7H9ClN2/c1-2-7-9-4-6(3-8)5-10-7/h4-5H,2-3H2,1H3. The van der Waals surface area contributed by atoms with Crippen LogP contribution in [0, 0.1) is 0 Å². The van der Waals surface area contributed by atoms with Crippen LogP contribution in [-0.4, -0.2) is 9.97 Å². The smallest absolute Gasteiger partial charge is 0.127 e. The molecular formula is C7H9ClN2. The van der Waals surface area contributed by atoms with Gasteiger partial charge < -0.3 is 0 Å². The van der Waals surface area contributed by atoms with Crippen LogP contribution in [0.15, 0.2) is 12.4 Å². The van der Waals surface area contributed by atoms with Crippen molar-refractivity contribution in [2.75, 3.05) is 0 Å². The molecule has 0 bridgehead atoms. The molecule has 0 aliphatic rings. The quantitative estimate of drug-likeness (QED) is 0.610. The van der Waals surface area contributed by atoms with E-state index in [0.717, 1.165) is 17.8 Å². The van der Waals surface area contributed by atoms with E-state index >= 15 is 0 Å². The molecule has 0 atom stereocenters. The molecule has 0 amide bonds. The number of alkyl halides is 1. The number of hydrogen-bond donors (Lipinski definition) is 0. The number of nitrogens with zero attached hydrogens (tertiary/aromatic N) is 2. The van der Waals surface area contributed by atoms with Crippen LogP contribution < -0.4 is 0 Å². The largest absolute Gasteiger partial charge is 0.241 e. The van der Waals surface area contributed by atoms with Crippen LogP contribution >= 0.6 is 11.6 Å². The van der Waals surface area contributed by atoms with Crippen LogP contribution in [0.5, 0.6) is 0 Å². The number of hydrogen-bond acceptors (Lipinski definition) is 2. The third-order valence-corrected chi connectivity index (χ3v) is 1.54. The molecule has 1 rings (SSSR count). The van der Waals surface area contributed by atoms with E-state index in [1.54, 1.807) is 12.4 Å². The van der Waals surface area contributed by atoms with Gasteiger partial charge in [0.1, 0.15) is 5.82 Å². The Bertz CT molecular complexity index is 172.